The van der Waals surface area contributed by atoms with E-state index in [0.29, 0.717) is 5.33 Å². The van der Waals surface area contributed by atoms with Gasteiger partial charge in [-0.05, 0) is 40.5 Å². The van der Waals surface area contributed by atoms with Crippen LogP contribution in [0, 0.1) is 5.82 Å². The number of carbonyl (C=O) groups is 1. The Balaban J connectivity index is 3.15. The number of esters is 1. The van der Waals surface area contributed by atoms with Crippen LogP contribution < -0.4 is 0 Å². The maximum atomic E-state index is 13.5. The molecule has 1 rings (SSSR count). The predicted molar refractivity (Wildman–Crippen MR) is 62.7 cm³/mol. The standard InChI is InChI=1S/C10H9Br2FO2/c1-2-15-10(14)7-3-6(5-11)4-8(12)9(7)13/h3-4H,2,5H2,1H3. The molecule has 0 aliphatic carbocycles. The summed E-state index contributed by atoms with van der Waals surface area (Å²) in [6.45, 7) is 1.91. The molecule has 0 bridgehead atoms. The van der Waals surface area contributed by atoms with Gasteiger partial charge in [0.2, 0.25) is 0 Å². The maximum Gasteiger partial charge on any atom is 0.341 e. The number of hydrogen-bond donors (Lipinski definition) is 0. The van der Waals surface area contributed by atoms with Crippen molar-refractivity contribution < 1.29 is 13.9 Å². The Labute approximate surface area is 104 Å². The van der Waals surface area contributed by atoms with Gasteiger partial charge in [0, 0.05) is 5.33 Å². The summed E-state index contributed by atoms with van der Waals surface area (Å²) in [6.07, 6.45) is 0. The van der Waals surface area contributed by atoms with Crippen molar-refractivity contribution in [3.8, 4) is 0 Å². The molecule has 1 aromatic carbocycles. The Morgan fingerprint density at radius 3 is 2.73 bits per heavy atom. The Morgan fingerprint density at radius 2 is 2.20 bits per heavy atom. The van der Waals surface area contributed by atoms with E-state index < -0.39 is 11.8 Å². The normalized spacial score (nSPS) is 10.1. The predicted octanol–water partition coefficient (Wildman–Crippen LogP) is 3.66. The lowest BCUT2D eigenvalue weighted by Gasteiger charge is -2.06. The molecular weight excluding hydrogens is 331 g/mol. The van der Waals surface area contributed by atoms with E-state index in [2.05, 4.69) is 31.9 Å². The fourth-order valence-corrected chi connectivity index (χ4v) is 1.91. The molecule has 0 aliphatic rings. The van der Waals surface area contributed by atoms with Crippen LogP contribution in [0.5, 0.6) is 0 Å². The molecule has 0 saturated heterocycles. The summed E-state index contributed by atoms with van der Waals surface area (Å²) < 4.78 is 18.5. The van der Waals surface area contributed by atoms with Crippen LogP contribution in [0.3, 0.4) is 0 Å². The van der Waals surface area contributed by atoms with Gasteiger partial charge in [0.1, 0.15) is 0 Å². The highest BCUT2D eigenvalue weighted by Gasteiger charge is 2.16. The van der Waals surface area contributed by atoms with Gasteiger partial charge in [0.05, 0.1) is 16.6 Å². The van der Waals surface area contributed by atoms with Gasteiger partial charge in [0.15, 0.2) is 5.82 Å². The van der Waals surface area contributed by atoms with Gasteiger partial charge in [0.25, 0.3) is 0 Å². The fourth-order valence-electron chi connectivity index (χ4n) is 1.08. The molecule has 1 aromatic rings. The number of carbonyl (C=O) groups excluding carboxylic acids is 1. The summed E-state index contributed by atoms with van der Waals surface area (Å²) in [4.78, 5) is 11.4. The second kappa shape index (κ2) is 5.61. The van der Waals surface area contributed by atoms with E-state index >= 15 is 0 Å². The molecule has 0 spiro atoms. The Bertz CT molecular complexity index is 380. The van der Waals surface area contributed by atoms with Gasteiger partial charge < -0.3 is 4.74 Å². The van der Waals surface area contributed by atoms with Crippen molar-refractivity contribution in [2.45, 2.75) is 12.3 Å². The summed E-state index contributed by atoms with van der Waals surface area (Å²) in [5.41, 5.74) is 0.770. The number of benzene rings is 1. The Morgan fingerprint density at radius 1 is 1.53 bits per heavy atom. The first kappa shape index (κ1) is 12.6. The molecule has 0 N–H and O–H groups in total. The molecule has 82 valence electrons. The number of rotatable bonds is 3. The summed E-state index contributed by atoms with van der Waals surface area (Å²) in [7, 11) is 0. The van der Waals surface area contributed by atoms with Crippen LogP contribution in [-0.2, 0) is 10.1 Å². The highest BCUT2D eigenvalue weighted by molar-refractivity contribution is 9.10. The molecule has 0 heterocycles. The molecule has 0 saturated carbocycles. The molecule has 0 atom stereocenters. The van der Waals surface area contributed by atoms with E-state index in [1.54, 1.807) is 13.0 Å². The van der Waals surface area contributed by atoms with Crippen LogP contribution in [0.25, 0.3) is 0 Å². The third-order valence-electron chi connectivity index (χ3n) is 1.74. The zero-order chi connectivity index (χ0) is 11.4. The molecule has 0 unspecified atom stereocenters. The third kappa shape index (κ3) is 3.01. The second-order valence-electron chi connectivity index (χ2n) is 2.79. The SMILES string of the molecule is CCOC(=O)c1cc(CBr)cc(Br)c1F. The van der Waals surface area contributed by atoms with Crippen LogP contribution in [-0.4, -0.2) is 12.6 Å². The van der Waals surface area contributed by atoms with Crippen LogP contribution in [0.4, 0.5) is 4.39 Å². The molecular formula is C10H9Br2FO2. The van der Waals surface area contributed by atoms with Crippen LogP contribution >= 0.6 is 31.9 Å². The molecule has 0 fully saturated rings. The number of halogens is 3. The summed E-state index contributed by atoms with van der Waals surface area (Å²) in [5, 5.41) is 0.554. The minimum absolute atomic E-state index is 0.0410. The van der Waals surface area contributed by atoms with E-state index in [9.17, 15) is 9.18 Å². The lowest BCUT2D eigenvalue weighted by molar-refractivity contribution is 0.0520. The molecule has 0 aliphatic heterocycles. The van der Waals surface area contributed by atoms with Crippen LogP contribution in [0.2, 0.25) is 0 Å². The minimum atomic E-state index is -0.640. The van der Waals surface area contributed by atoms with Crippen molar-refractivity contribution in [1.82, 2.24) is 0 Å². The summed E-state index contributed by atoms with van der Waals surface area (Å²) in [5.74, 6) is -1.23. The van der Waals surface area contributed by atoms with Gasteiger partial charge in [-0.2, -0.15) is 0 Å². The topological polar surface area (TPSA) is 26.3 Å². The Hall–Kier alpha value is -0.420. The minimum Gasteiger partial charge on any atom is -0.462 e. The van der Waals surface area contributed by atoms with Gasteiger partial charge in [-0.25, -0.2) is 9.18 Å². The van der Waals surface area contributed by atoms with Crippen molar-refractivity contribution >= 4 is 37.8 Å². The fraction of sp³-hybridized carbons (Fsp3) is 0.300. The lowest BCUT2D eigenvalue weighted by atomic mass is 10.1. The van der Waals surface area contributed by atoms with E-state index in [1.807, 2.05) is 0 Å². The van der Waals surface area contributed by atoms with Gasteiger partial charge in [-0.3, -0.25) is 0 Å². The zero-order valence-corrected chi connectivity index (χ0v) is 11.2. The van der Waals surface area contributed by atoms with E-state index in [-0.39, 0.29) is 16.6 Å². The average molecular weight is 340 g/mol. The summed E-state index contributed by atoms with van der Waals surface area (Å²) in [6, 6.07) is 3.10. The summed E-state index contributed by atoms with van der Waals surface area (Å²) >= 11 is 6.30. The van der Waals surface area contributed by atoms with Gasteiger partial charge in [-0.15, -0.1) is 0 Å². The lowest BCUT2D eigenvalue weighted by Crippen LogP contribution is -2.08. The van der Waals surface area contributed by atoms with E-state index in [1.165, 1.54) is 6.07 Å². The highest BCUT2D eigenvalue weighted by atomic mass is 79.9. The van der Waals surface area contributed by atoms with Gasteiger partial charge >= 0.3 is 5.97 Å². The Kier molecular flexibility index (Phi) is 4.73. The van der Waals surface area contributed by atoms with E-state index in [0.717, 1.165) is 5.56 Å². The number of ether oxygens (including phenoxy) is 1. The zero-order valence-electron chi connectivity index (χ0n) is 8.02. The van der Waals surface area contributed by atoms with Crippen molar-refractivity contribution in [2.75, 3.05) is 6.61 Å². The van der Waals surface area contributed by atoms with Gasteiger partial charge in [-0.1, -0.05) is 15.9 Å². The monoisotopic (exact) mass is 338 g/mol. The highest BCUT2D eigenvalue weighted by Crippen LogP contribution is 2.23. The van der Waals surface area contributed by atoms with Crippen LogP contribution in [0.1, 0.15) is 22.8 Å². The molecule has 0 amide bonds. The number of alkyl halides is 1. The first-order valence-corrected chi connectivity index (χ1v) is 6.22. The molecule has 0 aromatic heterocycles. The smallest absolute Gasteiger partial charge is 0.341 e. The third-order valence-corrected chi connectivity index (χ3v) is 2.96. The van der Waals surface area contributed by atoms with Crippen molar-refractivity contribution in [1.29, 1.82) is 0 Å². The average Bonchev–Trinajstić information content (AvgIpc) is 2.22. The van der Waals surface area contributed by atoms with Crippen molar-refractivity contribution in [3.05, 3.63) is 33.5 Å². The largest absolute Gasteiger partial charge is 0.462 e. The molecule has 5 heteroatoms. The second-order valence-corrected chi connectivity index (χ2v) is 4.21. The molecule has 0 radical (unpaired) electrons. The molecule has 2 nitrogen and oxygen atoms in total. The van der Waals surface area contributed by atoms with Crippen molar-refractivity contribution in [2.24, 2.45) is 0 Å². The maximum absolute atomic E-state index is 13.5. The first-order chi connectivity index (χ1) is 7.10. The quantitative estimate of drug-likeness (QED) is 0.620. The van der Waals surface area contributed by atoms with Crippen LogP contribution in [0.15, 0.2) is 16.6 Å². The first-order valence-electron chi connectivity index (χ1n) is 4.31. The van der Waals surface area contributed by atoms with E-state index in [4.69, 9.17) is 4.74 Å². The number of hydrogen-bond acceptors (Lipinski definition) is 2. The molecule has 15 heavy (non-hydrogen) atoms. The van der Waals surface area contributed by atoms with Crippen molar-refractivity contribution in [3.63, 3.8) is 0 Å².